The van der Waals surface area contributed by atoms with Crippen LogP contribution in [0.3, 0.4) is 0 Å². The van der Waals surface area contributed by atoms with E-state index in [2.05, 4.69) is 20.9 Å². The maximum Gasteiger partial charge on any atom is 0.321 e. The van der Waals surface area contributed by atoms with Gasteiger partial charge in [0.1, 0.15) is 0 Å². The predicted molar refractivity (Wildman–Crippen MR) is 96.3 cm³/mol. The zero-order valence-corrected chi connectivity index (χ0v) is 14.7. The number of benzene rings is 1. The molecule has 0 aliphatic carbocycles. The lowest BCUT2D eigenvalue weighted by Gasteiger charge is -2.16. The van der Waals surface area contributed by atoms with Crippen molar-refractivity contribution in [3.05, 3.63) is 29.8 Å². The van der Waals surface area contributed by atoms with Gasteiger partial charge in [-0.3, -0.25) is 4.99 Å². The van der Waals surface area contributed by atoms with Crippen LogP contribution in [-0.4, -0.2) is 44.1 Å². The highest BCUT2D eigenvalue weighted by molar-refractivity contribution is 14.0. The van der Waals surface area contributed by atoms with Crippen LogP contribution in [0.5, 0.6) is 0 Å². The summed E-state index contributed by atoms with van der Waals surface area (Å²) in [7, 11) is 3.43. The molecule has 0 bridgehead atoms. The third-order valence-electron chi connectivity index (χ3n) is 2.94. The van der Waals surface area contributed by atoms with Crippen LogP contribution in [0.2, 0.25) is 0 Å². The molecule has 1 aliphatic heterocycles. The molecule has 2 rings (SSSR count). The molecule has 0 aromatic heterocycles. The molecule has 21 heavy (non-hydrogen) atoms. The molecule has 116 valence electrons. The Morgan fingerprint density at radius 3 is 2.90 bits per heavy atom. The van der Waals surface area contributed by atoms with Crippen LogP contribution in [0.4, 0.5) is 10.5 Å². The zero-order valence-electron chi connectivity index (χ0n) is 12.3. The van der Waals surface area contributed by atoms with Crippen molar-refractivity contribution in [1.82, 2.24) is 15.5 Å². The molecule has 0 saturated heterocycles. The van der Waals surface area contributed by atoms with Crippen LogP contribution < -0.4 is 16.0 Å². The van der Waals surface area contributed by atoms with E-state index < -0.39 is 0 Å². The Labute approximate surface area is 142 Å². The van der Waals surface area contributed by atoms with Gasteiger partial charge in [0.05, 0.1) is 0 Å². The molecule has 7 heteroatoms. The fourth-order valence-corrected chi connectivity index (χ4v) is 1.83. The summed E-state index contributed by atoms with van der Waals surface area (Å²) < 4.78 is 0. The summed E-state index contributed by atoms with van der Waals surface area (Å²) in [6.45, 7) is 2.51. The summed E-state index contributed by atoms with van der Waals surface area (Å²) >= 11 is 0. The SMILES string of the molecule is CN(C)C(=O)Nc1cccc(CNC2=NCCCN2)c1.I. The normalized spacial score (nSPS) is 13.3. The van der Waals surface area contributed by atoms with E-state index in [0.29, 0.717) is 6.54 Å². The van der Waals surface area contributed by atoms with Gasteiger partial charge in [-0.25, -0.2) is 4.79 Å². The highest BCUT2D eigenvalue weighted by atomic mass is 127. The first-order chi connectivity index (χ1) is 9.65. The smallest absolute Gasteiger partial charge is 0.321 e. The topological polar surface area (TPSA) is 68.8 Å². The third kappa shape index (κ3) is 5.78. The molecule has 1 aromatic carbocycles. The van der Waals surface area contributed by atoms with Gasteiger partial charge in [0, 0.05) is 39.4 Å². The summed E-state index contributed by atoms with van der Waals surface area (Å²) in [4.78, 5) is 17.5. The Balaban J connectivity index is 0.00000220. The average molecular weight is 403 g/mol. The minimum atomic E-state index is -0.131. The Bertz CT molecular complexity index is 504. The number of hydrogen-bond acceptors (Lipinski definition) is 4. The van der Waals surface area contributed by atoms with Crippen molar-refractivity contribution in [3.63, 3.8) is 0 Å². The van der Waals surface area contributed by atoms with E-state index in [1.54, 1.807) is 14.1 Å². The van der Waals surface area contributed by atoms with Gasteiger partial charge in [-0.1, -0.05) is 12.1 Å². The van der Waals surface area contributed by atoms with Crippen molar-refractivity contribution in [2.24, 2.45) is 4.99 Å². The number of halogens is 1. The molecule has 1 aromatic rings. The van der Waals surface area contributed by atoms with Gasteiger partial charge >= 0.3 is 6.03 Å². The highest BCUT2D eigenvalue weighted by Gasteiger charge is 2.05. The van der Waals surface area contributed by atoms with Gasteiger partial charge in [0.15, 0.2) is 5.96 Å². The second-order valence-electron chi connectivity index (χ2n) is 4.89. The quantitative estimate of drug-likeness (QED) is 0.675. The molecule has 1 aliphatic rings. The zero-order chi connectivity index (χ0) is 14.4. The van der Waals surface area contributed by atoms with Crippen LogP contribution >= 0.6 is 24.0 Å². The monoisotopic (exact) mass is 403 g/mol. The minimum Gasteiger partial charge on any atom is -0.356 e. The van der Waals surface area contributed by atoms with E-state index in [0.717, 1.165) is 36.7 Å². The van der Waals surface area contributed by atoms with E-state index in [9.17, 15) is 4.79 Å². The average Bonchev–Trinajstić information content (AvgIpc) is 2.46. The van der Waals surface area contributed by atoms with Gasteiger partial charge in [0.2, 0.25) is 0 Å². The Morgan fingerprint density at radius 2 is 2.24 bits per heavy atom. The number of amides is 2. The van der Waals surface area contributed by atoms with Gasteiger partial charge in [-0.2, -0.15) is 0 Å². The van der Waals surface area contributed by atoms with Gasteiger partial charge in [0.25, 0.3) is 0 Å². The lowest BCUT2D eigenvalue weighted by Crippen LogP contribution is -2.40. The van der Waals surface area contributed by atoms with Gasteiger partial charge in [-0.15, -0.1) is 24.0 Å². The molecule has 6 nitrogen and oxygen atoms in total. The van der Waals surface area contributed by atoms with Crippen molar-refractivity contribution in [2.45, 2.75) is 13.0 Å². The number of nitrogens with one attached hydrogen (secondary N) is 3. The van der Waals surface area contributed by atoms with Crippen LogP contribution in [-0.2, 0) is 6.54 Å². The number of rotatable bonds is 3. The number of hydrogen-bond donors (Lipinski definition) is 3. The minimum absolute atomic E-state index is 0. The molecule has 0 fully saturated rings. The van der Waals surface area contributed by atoms with Crippen molar-refractivity contribution >= 4 is 41.7 Å². The van der Waals surface area contributed by atoms with Gasteiger partial charge < -0.3 is 20.9 Å². The summed E-state index contributed by atoms with van der Waals surface area (Å²) in [6.07, 6.45) is 1.08. The summed E-state index contributed by atoms with van der Waals surface area (Å²) in [5.41, 5.74) is 1.89. The molecule has 3 N–H and O–H groups in total. The van der Waals surface area contributed by atoms with Crippen molar-refractivity contribution in [3.8, 4) is 0 Å². The van der Waals surface area contributed by atoms with E-state index in [1.807, 2.05) is 24.3 Å². The molecule has 0 unspecified atom stereocenters. The number of carbonyl (C=O) groups is 1. The van der Waals surface area contributed by atoms with E-state index in [-0.39, 0.29) is 30.0 Å². The van der Waals surface area contributed by atoms with Crippen LogP contribution in [0.15, 0.2) is 29.3 Å². The lowest BCUT2D eigenvalue weighted by molar-refractivity contribution is 0.230. The number of urea groups is 1. The molecule has 0 atom stereocenters. The second kappa shape index (κ2) is 8.71. The molecule has 0 spiro atoms. The number of carbonyl (C=O) groups excluding carboxylic acids is 1. The van der Waals surface area contributed by atoms with E-state index in [4.69, 9.17) is 0 Å². The van der Waals surface area contributed by atoms with Crippen molar-refractivity contribution < 1.29 is 4.79 Å². The third-order valence-corrected chi connectivity index (χ3v) is 2.94. The van der Waals surface area contributed by atoms with Crippen molar-refractivity contribution in [1.29, 1.82) is 0 Å². The molecular weight excluding hydrogens is 381 g/mol. The fourth-order valence-electron chi connectivity index (χ4n) is 1.83. The lowest BCUT2D eigenvalue weighted by atomic mass is 10.2. The first kappa shape index (κ1) is 17.5. The van der Waals surface area contributed by atoms with Crippen LogP contribution in [0, 0.1) is 0 Å². The van der Waals surface area contributed by atoms with E-state index >= 15 is 0 Å². The van der Waals surface area contributed by atoms with E-state index in [1.165, 1.54) is 4.90 Å². The summed E-state index contributed by atoms with van der Waals surface area (Å²) in [6, 6.07) is 7.65. The van der Waals surface area contributed by atoms with Gasteiger partial charge in [-0.05, 0) is 24.1 Å². The second-order valence-corrected chi connectivity index (χ2v) is 4.89. The van der Waals surface area contributed by atoms with Crippen LogP contribution in [0.1, 0.15) is 12.0 Å². The maximum atomic E-state index is 11.6. The van der Waals surface area contributed by atoms with Crippen LogP contribution in [0.25, 0.3) is 0 Å². The Kier molecular flexibility index (Phi) is 7.27. The molecular formula is C14H22IN5O. The number of nitrogens with zero attached hydrogens (tertiary/aromatic N) is 2. The molecule has 0 radical (unpaired) electrons. The van der Waals surface area contributed by atoms with Crippen molar-refractivity contribution in [2.75, 3.05) is 32.5 Å². The first-order valence-electron chi connectivity index (χ1n) is 6.74. The largest absolute Gasteiger partial charge is 0.356 e. The molecule has 1 heterocycles. The first-order valence-corrected chi connectivity index (χ1v) is 6.74. The molecule has 0 saturated carbocycles. The maximum absolute atomic E-state index is 11.6. The highest BCUT2D eigenvalue weighted by Crippen LogP contribution is 2.11. The number of guanidine groups is 1. The predicted octanol–water partition coefficient (Wildman–Crippen LogP) is 1.84. The molecule has 2 amide bonds. The summed E-state index contributed by atoms with van der Waals surface area (Å²) in [5, 5.41) is 9.30. The fraction of sp³-hybridized carbons (Fsp3) is 0.429. The standard InChI is InChI=1S/C14H21N5O.HI/c1-19(2)14(20)18-12-6-3-5-11(9-12)10-17-13-15-7-4-8-16-13;/h3,5-6,9H,4,7-8,10H2,1-2H3,(H,18,20)(H2,15,16,17);1H. The number of aliphatic imine (C=N–C) groups is 1. The summed E-state index contributed by atoms with van der Waals surface area (Å²) in [5.74, 6) is 0.846. The number of anilines is 1. The Morgan fingerprint density at radius 1 is 1.43 bits per heavy atom. The Hall–Kier alpha value is -1.51.